The van der Waals surface area contributed by atoms with Crippen molar-refractivity contribution >= 4 is 35.2 Å². The Morgan fingerprint density at radius 2 is 1.70 bits per heavy atom. The van der Waals surface area contributed by atoms with Gasteiger partial charge < -0.3 is 10.2 Å². The third-order valence-electron chi connectivity index (χ3n) is 4.72. The van der Waals surface area contributed by atoms with Crippen LogP contribution in [0.25, 0.3) is 0 Å². The second-order valence-electron chi connectivity index (χ2n) is 7.72. The van der Waals surface area contributed by atoms with Crippen molar-refractivity contribution in [3.05, 3.63) is 70.7 Å². The van der Waals surface area contributed by atoms with Gasteiger partial charge in [0.05, 0.1) is 0 Å². The van der Waals surface area contributed by atoms with Gasteiger partial charge in [0, 0.05) is 36.0 Å². The second-order valence-corrected chi connectivity index (χ2v) is 9.23. The molecule has 0 aromatic heterocycles. The Kier molecular flexibility index (Phi) is 10.2. The average molecular weight is 447 g/mol. The fraction of sp³-hybridized carbons (Fsp3) is 0.417. The molecule has 6 heteroatoms. The number of hydrogen-bond donors (Lipinski definition) is 1. The van der Waals surface area contributed by atoms with Crippen molar-refractivity contribution in [2.75, 3.05) is 12.3 Å². The predicted octanol–water partition coefficient (Wildman–Crippen LogP) is 5.15. The summed E-state index contributed by atoms with van der Waals surface area (Å²) >= 11 is 8.03. The second kappa shape index (κ2) is 12.7. The Morgan fingerprint density at radius 3 is 2.37 bits per heavy atom. The standard InChI is InChI=1S/C24H31ClN2O2S/c1-18(2)15-26-24(29)19(3)27(16-21-11-7-8-12-22(21)25)23(28)13-14-30-17-20-9-5-4-6-10-20/h4-12,18-19H,13-17H2,1-3H3,(H,26,29)/t19-/m0/s1. The molecule has 1 atom stereocenters. The minimum absolute atomic E-state index is 0.0392. The molecule has 0 unspecified atom stereocenters. The first-order chi connectivity index (χ1) is 14.4. The third kappa shape index (κ3) is 8.04. The lowest BCUT2D eigenvalue weighted by Gasteiger charge is -2.29. The van der Waals surface area contributed by atoms with Crippen molar-refractivity contribution in [3.8, 4) is 0 Å². The van der Waals surface area contributed by atoms with Gasteiger partial charge in [-0.05, 0) is 30.0 Å². The van der Waals surface area contributed by atoms with Gasteiger partial charge in [-0.2, -0.15) is 11.8 Å². The number of halogens is 1. The van der Waals surface area contributed by atoms with Crippen LogP contribution in [0.15, 0.2) is 54.6 Å². The molecule has 0 aliphatic carbocycles. The summed E-state index contributed by atoms with van der Waals surface area (Å²) in [6.45, 7) is 6.77. The van der Waals surface area contributed by atoms with E-state index in [2.05, 4.69) is 17.4 Å². The number of benzene rings is 2. The quantitative estimate of drug-likeness (QED) is 0.485. The Hall–Kier alpha value is -1.98. The Morgan fingerprint density at radius 1 is 1.03 bits per heavy atom. The van der Waals surface area contributed by atoms with Gasteiger partial charge in [0.2, 0.25) is 11.8 Å². The molecule has 0 radical (unpaired) electrons. The third-order valence-corrected chi connectivity index (χ3v) is 6.12. The number of nitrogens with zero attached hydrogens (tertiary/aromatic N) is 1. The van der Waals surface area contributed by atoms with Gasteiger partial charge in [-0.25, -0.2) is 0 Å². The van der Waals surface area contributed by atoms with Gasteiger partial charge in [0.25, 0.3) is 0 Å². The van der Waals surface area contributed by atoms with E-state index in [9.17, 15) is 9.59 Å². The van der Waals surface area contributed by atoms with Crippen molar-refractivity contribution in [2.45, 2.75) is 45.5 Å². The molecular formula is C24H31ClN2O2S. The summed E-state index contributed by atoms with van der Waals surface area (Å²) < 4.78 is 0. The molecule has 0 spiro atoms. The van der Waals surface area contributed by atoms with Crippen LogP contribution >= 0.6 is 23.4 Å². The van der Waals surface area contributed by atoms with Crippen molar-refractivity contribution in [3.63, 3.8) is 0 Å². The maximum atomic E-state index is 13.0. The Labute approximate surface area is 189 Å². The van der Waals surface area contributed by atoms with Gasteiger partial charge >= 0.3 is 0 Å². The number of carbonyl (C=O) groups excluding carboxylic acids is 2. The minimum atomic E-state index is -0.563. The van der Waals surface area contributed by atoms with E-state index >= 15 is 0 Å². The lowest BCUT2D eigenvalue weighted by Crippen LogP contribution is -2.48. The van der Waals surface area contributed by atoms with Gasteiger partial charge in [-0.3, -0.25) is 9.59 Å². The number of carbonyl (C=O) groups is 2. The molecule has 1 N–H and O–H groups in total. The molecule has 0 fully saturated rings. The van der Waals surface area contributed by atoms with E-state index in [1.807, 2.05) is 50.2 Å². The van der Waals surface area contributed by atoms with Gasteiger partial charge in [0.15, 0.2) is 0 Å². The van der Waals surface area contributed by atoms with E-state index in [0.717, 1.165) is 11.3 Å². The highest BCUT2D eigenvalue weighted by Crippen LogP contribution is 2.20. The predicted molar refractivity (Wildman–Crippen MR) is 127 cm³/mol. The number of hydrogen-bond acceptors (Lipinski definition) is 3. The monoisotopic (exact) mass is 446 g/mol. The highest BCUT2D eigenvalue weighted by molar-refractivity contribution is 7.98. The first-order valence-corrected chi connectivity index (χ1v) is 11.8. The highest BCUT2D eigenvalue weighted by Gasteiger charge is 2.26. The van der Waals surface area contributed by atoms with Gasteiger partial charge in [0.1, 0.15) is 6.04 Å². The van der Waals surface area contributed by atoms with Gasteiger partial charge in [-0.15, -0.1) is 0 Å². The van der Waals surface area contributed by atoms with Crippen molar-refractivity contribution < 1.29 is 9.59 Å². The lowest BCUT2D eigenvalue weighted by molar-refractivity contribution is -0.140. The number of nitrogens with one attached hydrogen (secondary N) is 1. The fourth-order valence-corrected chi connectivity index (χ4v) is 4.00. The van der Waals surface area contributed by atoms with E-state index in [-0.39, 0.29) is 11.8 Å². The average Bonchev–Trinajstić information content (AvgIpc) is 2.74. The lowest BCUT2D eigenvalue weighted by atomic mass is 10.1. The zero-order valence-corrected chi connectivity index (χ0v) is 19.5. The van der Waals surface area contributed by atoms with Crippen molar-refractivity contribution in [1.82, 2.24) is 10.2 Å². The largest absolute Gasteiger partial charge is 0.354 e. The summed E-state index contributed by atoms with van der Waals surface area (Å²) in [6, 6.07) is 17.1. The maximum Gasteiger partial charge on any atom is 0.242 e. The fourth-order valence-electron chi connectivity index (χ4n) is 2.91. The van der Waals surface area contributed by atoms with Crippen LogP contribution in [-0.4, -0.2) is 35.1 Å². The van der Waals surface area contributed by atoms with Crippen LogP contribution in [0.3, 0.4) is 0 Å². The zero-order valence-electron chi connectivity index (χ0n) is 17.9. The van der Waals surface area contributed by atoms with Crippen molar-refractivity contribution in [1.29, 1.82) is 0 Å². The highest BCUT2D eigenvalue weighted by atomic mass is 35.5. The van der Waals surface area contributed by atoms with Crippen LogP contribution in [0.5, 0.6) is 0 Å². The molecule has 0 heterocycles. The minimum Gasteiger partial charge on any atom is -0.354 e. The van der Waals surface area contributed by atoms with E-state index in [1.165, 1.54) is 5.56 Å². The summed E-state index contributed by atoms with van der Waals surface area (Å²) in [7, 11) is 0. The number of thioether (sulfide) groups is 1. The van der Waals surface area contributed by atoms with E-state index in [1.54, 1.807) is 29.7 Å². The Balaban J connectivity index is 2.00. The molecule has 0 aliphatic rings. The first-order valence-electron chi connectivity index (χ1n) is 10.3. The molecule has 2 amide bonds. The summed E-state index contributed by atoms with van der Waals surface area (Å²) in [5, 5.41) is 3.54. The first kappa shape index (κ1) is 24.3. The molecule has 2 aromatic carbocycles. The van der Waals surface area contributed by atoms with Crippen molar-refractivity contribution in [2.24, 2.45) is 5.92 Å². The summed E-state index contributed by atoms with van der Waals surface area (Å²) in [4.78, 5) is 27.3. The SMILES string of the molecule is CC(C)CNC(=O)[C@H](C)N(Cc1ccccc1Cl)C(=O)CCSCc1ccccc1. The smallest absolute Gasteiger partial charge is 0.242 e. The molecule has 30 heavy (non-hydrogen) atoms. The molecule has 2 rings (SSSR count). The summed E-state index contributed by atoms with van der Waals surface area (Å²) in [5.74, 6) is 1.74. The maximum absolute atomic E-state index is 13.0. The zero-order chi connectivity index (χ0) is 21.9. The molecule has 162 valence electrons. The van der Waals surface area contributed by atoms with Crippen LogP contribution in [0, 0.1) is 5.92 Å². The van der Waals surface area contributed by atoms with Crippen LogP contribution in [0.2, 0.25) is 5.02 Å². The Bertz CT molecular complexity index is 814. The molecule has 0 saturated carbocycles. The summed E-state index contributed by atoms with van der Waals surface area (Å²) in [6.07, 6.45) is 0.379. The molecule has 0 aliphatic heterocycles. The van der Waals surface area contributed by atoms with E-state index in [0.29, 0.717) is 36.2 Å². The molecule has 4 nitrogen and oxygen atoms in total. The molecular weight excluding hydrogens is 416 g/mol. The number of rotatable bonds is 11. The van der Waals surface area contributed by atoms with Gasteiger partial charge in [-0.1, -0.05) is 74.0 Å². The van der Waals surface area contributed by atoms with Crippen LogP contribution in [0.4, 0.5) is 0 Å². The molecule has 0 bridgehead atoms. The number of amides is 2. The summed E-state index contributed by atoms with van der Waals surface area (Å²) in [5.41, 5.74) is 2.08. The van der Waals surface area contributed by atoms with Crippen LogP contribution < -0.4 is 5.32 Å². The van der Waals surface area contributed by atoms with Crippen LogP contribution in [-0.2, 0) is 21.9 Å². The topological polar surface area (TPSA) is 49.4 Å². The normalized spacial score (nSPS) is 11.9. The van der Waals surface area contributed by atoms with E-state index in [4.69, 9.17) is 11.6 Å². The van der Waals surface area contributed by atoms with Crippen LogP contribution in [0.1, 0.15) is 38.3 Å². The molecule has 2 aromatic rings. The molecule has 0 saturated heterocycles. The van der Waals surface area contributed by atoms with E-state index < -0.39 is 6.04 Å².